The second-order valence-corrected chi connectivity index (χ2v) is 5.54. The summed E-state index contributed by atoms with van der Waals surface area (Å²) < 4.78 is 0. The second-order valence-electron chi connectivity index (χ2n) is 5.54. The van der Waals surface area contributed by atoms with Gasteiger partial charge in [-0.1, -0.05) is 67.7 Å². The van der Waals surface area contributed by atoms with E-state index in [9.17, 15) is 25.2 Å². The van der Waals surface area contributed by atoms with E-state index in [1.54, 1.807) is 42.5 Å². The molecular weight excluding hydrogens is 320 g/mol. The smallest absolute Gasteiger partial charge is 0.0982 e. The van der Waals surface area contributed by atoms with Crippen LogP contribution >= 0.6 is 0 Å². The van der Waals surface area contributed by atoms with E-state index in [2.05, 4.69) is 0 Å². The first-order valence-electron chi connectivity index (χ1n) is 8.54. The van der Waals surface area contributed by atoms with Gasteiger partial charge in [0.25, 0.3) is 0 Å². The molecular formula is C20H29O5-. The van der Waals surface area contributed by atoms with Crippen molar-refractivity contribution in [1.29, 1.82) is 0 Å². The average molecular weight is 349 g/mol. The highest BCUT2D eigenvalue weighted by Gasteiger charge is 2.11. The summed E-state index contributed by atoms with van der Waals surface area (Å²) in [4.78, 5) is 10.3. The molecule has 25 heavy (non-hydrogen) atoms. The zero-order valence-electron chi connectivity index (χ0n) is 14.7. The van der Waals surface area contributed by atoms with Gasteiger partial charge in [0.2, 0.25) is 0 Å². The Morgan fingerprint density at radius 3 is 2.16 bits per heavy atom. The standard InChI is InChI=1S/C20H30O5/c1-2-3-8-12-17(21)13-9-6-4-5-7-10-14-18(22)19(23)15-11-16-20(24)25/h3-10,13-14,17-19,21-23H,2,11-12,15-16H2,1H3,(H,24,25)/p-1/b6-4-,7-5+,8-3-,13-9+,14-10+/t17-,18?,19?/m1/s1. The second kappa shape index (κ2) is 15.6. The molecule has 3 atom stereocenters. The van der Waals surface area contributed by atoms with Crippen molar-refractivity contribution in [2.45, 2.75) is 57.3 Å². The van der Waals surface area contributed by atoms with E-state index in [1.165, 1.54) is 6.08 Å². The Bertz CT molecular complexity index is 488. The Morgan fingerprint density at radius 2 is 1.56 bits per heavy atom. The maximum absolute atomic E-state index is 10.3. The largest absolute Gasteiger partial charge is 0.550 e. The Kier molecular flexibility index (Phi) is 14.4. The highest BCUT2D eigenvalue weighted by Crippen LogP contribution is 2.06. The van der Waals surface area contributed by atoms with Gasteiger partial charge in [-0.3, -0.25) is 0 Å². The summed E-state index contributed by atoms with van der Waals surface area (Å²) >= 11 is 0. The van der Waals surface area contributed by atoms with Gasteiger partial charge in [0.15, 0.2) is 0 Å². The molecule has 0 aromatic heterocycles. The Labute approximate surface area is 150 Å². The maximum Gasteiger partial charge on any atom is 0.0982 e. The SMILES string of the molecule is CC/C=C\C[C@@H](O)/C=C/C=C\C=C\C=C\C(O)C(O)CCCC(=O)[O-]. The summed E-state index contributed by atoms with van der Waals surface area (Å²) in [6.45, 7) is 2.04. The van der Waals surface area contributed by atoms with Crippen LogP contribution in [0.5, 0.6) is 0 Å². The van der Waals surface area contributed by atoms with Crippen LogP contribution < -0.4 is 5.11 Å². The number of aliphatic carboxylic acids is 1. The minimum Gasteiger partial charge on any atom is -0.550 e. The lowest BCUT2D eigenvalue weighted by Crippen LogP contribution is -2.26. The summed E-state index contributed by atoms with van der Waals surface area (Å²) in [6.07, 6.45) is 16.8. The molecule has 3 N–H and O–H groups in total. The highest BCUT2D eigenvalue weighted by molar-refractivity contribution is 5.64. The van der Waals surface area contributed by atoms with Crippen molar-refractivity contribution in [3.63, 3.8) is 0 Å². The molecule has 5 heteroatoms. The average Bonchev–Trinajstić information content (AvgIpc) is 2.56. The van der Waals surface area contributed by atoms with Crippen molar-refractivity contribution in [2.75, 3.05) is 0 Å². The van der Waals surface area contributed by atoms with Gasteiger partial charge >= 0.3 is 0 Å². The van der Waals surface area contributed by atoms with E-state index in [1.807, 2.05) is 19.1 Å². The van der Waals surface area contributed by atoms with Crippen LogP contribution in [0.3, 0.4) is 0 Å². The van der Waals surface area contributed by atoms with E-state index in [4.69, 9.17) is 0 Å². The molecule has 0 heterocycles. The predicted molar refractivity (Wildman–Crippen MR) is 97.5 cm³/mol. The van der Waals surface area contributed by atoms with Crippen molar-refractivity contribution < 1.29 is 25.2 Å². The molecule has 0 aliphatic rings. The number of carbonyl (C=O) groups is 1. The van der Waals surface area contributed by atoms with Gasteiger partial charge in [-0.15, -0.1) is 0 Å². The third kappa shape index (κ3) is 15.3. The van der Waals surface area contributed by atoms with Gasteiger partial charge in [-0.05, 0) is 32.1 Å². The lowest BCUT2D eigenvalue weighted by atomic mass is 10.1. The molecule has 0 rings (SSSR count). The third-order valence-corrected chi connectivity index (χ3v) is 3.25. The predicted octanol–water partition coefficient (Wildman–Crippen LogP) is 1.57. The topological polar surface area (TPSA) is 101 Å². The van der Waals surface area contributed by atoms with Crippen LogP contribution in [0.15, 0.2) is 60.8 Å². The number of carboxylic acid groups (broad SMARTS) is 1. The molecule has 0 saturated heterocycles. The van der Waals surface area contributed by atoms with E-state index < -0.39 is 24.3 Å². The fourth-order valence-corrected chi connectivity index (χ4v) is 1.86. The van der Waals surface area contributed by atoms with E-state index in [0.29, 0.717) is 6.42 Å². The molecule has 5 nitrogen and oxygen atoms in total. The molecule has 0 fully saturated rings. The number of hydrogen-bond donors (Lipinski definition) is 3. The van der Waals surface area contributed by atoms with Crippen LogP contribution in [0.1, 0.15) is 39.0 Å². The normalized spacial score (nSPS) is 16.6. The zero-order chi connectivity index (χ0) is 18.9. The van der Waals surface area contributed by atoms with Crippen molar-refractivity contribution in [3.8, 4) is 0 Å². The fraction of sp³-hybridized carbons (Fsp3) is 0.450. The van der Waals surface area contributed by atoms with Crippen molar-refractivity contribution in [2.24, 2.45) is 0 Å². The number of carbonyl (C=O) groups excluding carboxylic acids is 1. The molecule has 0 saturated carbocycles. The van der Waals surface area contributed by atoms with Crippen LogP contribution in [0.4, 0.5) is 0 Å². The summed E-state index contributed by atoms with van der Waals surface area (Å²) in [7, 11) is 0. The molecule has 0 aliphatic carbocycles. The van der Waals surface area contributed by atoms with E-state index >= 15 is 0 Å². The van der Waals surface area contributed by atoms with Crippen LogP contribution in [0.2, 0.25) is 0 Å². The minimum absolute atomic E-state index is 0.130. The molecule has 0 spiro atoms. The molecule has 0 amide bonds. The summed E-state index contributed by atoms with van der Waals surface area (Å²) in [5, 5.41) is 39.2. The Balaban J connectivity index is 4.02. The van der Waals surface area contributed by atoms with Crippen molar-refractivity contribution >= 4 is 5.97 Å². The molecule has 0 bridgehead atoms. The van der Waals surface area contributed by atoms with E-state index in [0.717, 1.165) is 6.42 Å². The van der Waals surface area contributed by atoms with Gasteiger partial charge < -0.3 is 25.2 Å². The van der Waals surface area contributed by atoms with Crippen molar-refractivity contribution in [1.82, 2.24) is 0 Å². The van der Waals surface area contributed by atoms with Gasteiger partial charge in [0.05, 0.1) is 18.3 Å². The quantitative estimate of drug-likeness (QED) is 0.346. The maximum atomic E-state index is 10.3. The monoisotopic (exact) mass is 349 g/mol. The number of allylic oxidation sites excluding steroid dienone is 7. The summed E-state index contributed by atoms with van der Waals surface area (Å²) in [5.41, 5.74) is 0. The van der Waals surface area contributed by atoms with Crippen LogP contribution in [-0.4, -0.2) is 39.6 Å². The molecule has 0 aliphatic heterocycles. The number of aliphatic hydroxyl groups is 3. The number of aliphatic hydroxyl groups excluding tert-OH is 3. The van der Waals surface area contributed by atoms with Gasteiger partial charge in [0, 0.05) is 5.97 Å². The fourth-order valence-electron chi connectivity index (χ4n) is 1.86. The van der Waals surface area contributed by atoms with Crippen LogP contribution in [0, 0.1) is 0 Å². The van der Waals surface area contributed by atoms with Gasteiger partial charge in [-0.2, -0.15) is 0 Å². The number of rotatable bonds is 13. The lowest BCUT2D eigenvalue weighted by molar-refractivity contribution is -0.305. The first kappa shape index (κ1) is 23.1. The van der Waals surface area contributed by atoms with Gasteiger partial charge in [0.1, 0.15) is 0 Å². The highest BCUT2D eigenvalue weighted by atomic mass is 16.4. The van der Waals surface area contributed by atoms with Crippen LogP contribution in [0.25, 0.3) is 0 Å². The molecule has 0 aromatic rings. The lowest BCUT2D eigenvalue weighted by Gasteiger charge is -2.14. The molecule has 0 aromatic carbocycles. The third-order valence-electron chi connectivity index (χ3n) is 3.25. The summed E-state index contributed by atoms with van der Waals surface area (Å²) in [6, 6.07) is 0. The van der Waals surface area contributed by atoms with Gasteiger partial charge in [-0.25, -0.2) is 0 Å². The Morgan fingerprint density at radius 1 is 0.960 bits per heavy atom. The van der Waals surface area contributed by atoms with Crippen LogP contribution in [-0.2, 0) is 4.79 Å². The molecule has 140 valence electrons. The number of carboxylic acids is 1. The van der Waals surface area contributed by atoms with Crippen molar-refractivity contribution in [3.05, 3.63) is 60.8 Å². The number of hydrogen-bond acceptors (Lipinski definition) is 5. The zero-order valence-corrected chi connectivity index (χ0v) is 14.7. The first-order valence-corrected chi connectivity index (χ1v) is 8.54. The first-order chi connectivity index (χ1) is 12.0. The summed E-state index contributed by atoms with van der Waals surface area (Å²) in [5.74, 6) is -1.16. The van der Waals surface area contributed by atoms with E-state index in [-0.39, 0.29) is 19.3 Å². The minimum atomic E-state index is -1.16. The molecule has 0 radical (unpaired) electrons. The molecule has 2 unspecified atom stereocenters. The Hall–Kier alpha value is -1.95.